The molecule has 0 aliphatic rings. The molecule has 1 aromatic carbocycles. The van der Waals surface area contributed by atoms with Crippen LogP contribution in [0.3, 0.4) is 0 Å². The number of nitrogens with zero attached hydrogens (tertiary/aromatic N) is 2. The molecule has 1 heterocycles. The quantitative estimate of drug-likeness (QED) is 0.855. The maximum Gasteiger partial charge on any atom is 0.0890 e. The van der Waals surface area contributed by atoms with Crippen LogP contribution in [0.15, 0.2) is 30.5 Å². The van der Waals surface area contributed by atoms with Crippen LogP contribution in [0.5, 0.6) is 0 Å². The van der Waals surface area contributed by atoms with Crippen LogP contribution in [-0.4, -0.2) is 21.7 Å². The Morgan fingerprint density at radius 2 is 1.88 bits per heavy atom. The van der Waals surface area contributed by atoms with Crippen LogP contribution in [-0.2, 0) is 6.42 Å². The first kappa shape index (κ1) is 11.0. The van der Waals surface area contributed by atoms with Crippen LogP contribution < -0.4 is 0 Å². The van der Waals surface area contributed by atoms with Gasteiger partial charge in [0.15, 0.2) is 0 Å². The molecule has 16 heavy (non-hydrogen) atoms. The minimum Gasteiger partial charge on any atom is -0.396 e. The number of fused-ring (bicyclic) bond motifs is 1. The fourth-order valence-electron chi connectivity index (χ4n) is 1.63. The molecule has 3 nitrogen and oxygen atoms in total. The number of aromatic nitrogens is 2. The first-order chi connectivity index (χ1) is 7.61. The Kier molecular flexibility index (Phi) is 2.88. The van der Waals surface area contributed by atoms with Gasteiger partial charge >= 0.3 is 0 Å². The summed E-state index contributed by atoms with van der Waals surface area (Å²) in [6, 6.07) is 7.81. The van der Waals surface area contributed by atoms with Crippen LogP contribution in [0.4, 0.5) is 0 Å². The number of hydrogen-bond acceptors (Lipinski definition) is 3. The lowest BCUT2D eigenvalue weighted by atomic mass is 9.89. The number of hydrogen-bond donors (Lipinski definition) is 1. The molecular formula is C13H16N2O. The van der Waals surface area contributed by atoms with Gasteiger partial charge in [0.2, 0.25) is 0 Å². The molecule has 1 aromatic heterocycles. The van der Waals surface area contributed by atoms with Gasteiger partial charge in [0, 0.05) is 12.8 Å². The molecular weight excluding hydrogens is 200 g/mol. The first-order valence-corrected chi connectivity index (χ1v) is 5.42. The topological polar surface area (TPSA) is 46.0 Å². The molecule has 0 aliphatic carbocycles. The van der Waals surface area contributed by atoms with Crippen molar-refractivity contribution in [1.82, 2.24) is 9.97 Å². The minimum absolute atomic E-state index is 0.142. The maximum atomic E-state index is 9.22. The van der Waals surface area contributed by atoms with Crippen molar-refractivity contribution >= 4 is 11.0 Å². The molecule has 0 saturated carbocycles. The fourth-order valence-corrected chi connectivity index (χ4v) is 1.63. The van der Waals surface area contributed by atoms with E-state index in [0.717, 1.165) is 23.1 Å². The zero-order valence-electron chi connectivity index (χ0n) is 9.64. The zero-order chi connectivity index (χ0) is 11.6. The lowest BCUT2D eigenvalue weighted by Crippen LogP contribution is -2.20. The molecule has 0 aliphatic heterocycles. The van der Waals surface area contributed by atoms with E-state index in [-0.39, 0.29) is 12.0 Å². The van der Waals surface area contributed by atoms with Gasteiger partial charge in [-0.25, -0.2) is 4.98 Å². The van der Waals surface area contributed by atoms with Crippen molar-refractivity contribution in [2.75, 3.05) is 6.61 Å². The van der Waals surface area contributed by atoms with E-state index in [2.05, 4.69) is 9.97 Å². The summed E-state index contributed by atoms with van der Waals surface area (Å²) < 4.78 is 0. The molecule has 0 radical (unpaired) electrons. The van der Waals surface area contributed by atoms with Gasteiger partial charge < -0.3 is 5.11 Å². The maximum absolute atomic E-state index is 9.22. The van der Waals surface area contributed by atoms with E-state index >= 15 is 0 Å². The van der Waals surface area contributed by atoms with Crippen molar-refractivity contribution in [2.45, 2.75) is 20.3 Å². The standard InChI is InChI=1S/C13H16N2O/c1-13(2,9-16)7-10-8-14-11-5-3-4-6-12(11)15-10/h3-6,8,16H,7,9H2,1-2H3. The van der Waals surface area contributed by atoms with Crippen LogP contribution in [0, 0.1) is 5.41 Å². The number of rotatable bonds is 3. The third kappa shape index (κ3) is 2.36. The summed E-state index contributed by atoms with van der Waals surface area (Å²) in [6.45, 7) is 4.19. The van der Waals surface area contributed by atoms with Crippen LogP contribution in [0.25, 0.3) is 11.0 Å². The smallest absolute Gasteiger partial charge is 0.0890 e. The lowest BCUT2D eigenvalue weighted by Gasteiger charge is -2.20. The predicted octanol–water partition coefficient (Wildman–Crippen LogP) is 2.19. The van der Waals surface area contributed by atoms with Gasteiger partial charge in [-0.15, -0.1) is 0 Å². The second-order valence-corrected chi connectivity index (χ2v) is 4.85. The molecule has 0 unspecified atom stereocenters. The van der Waals surface area contributed by atoms with E-state index in [1.165, 1.54) is 0 Å². The second kappa shape index (κ2) is 4.18. The summed E-state index contributed by atoms with van der Waals surface area (Å²) in [4.78, 5) is 8.89. The Balaban J connectivity index is 2.33. The van der Waals surface area contributed by atoms with Crippen LogP contribution in [0.2, 0.25) is 0 Å². The summed E-state index contributed by atoms with van der Waals surface area (Å²) in [5.41, 5.74) is 2.61. The second-order valence-electron chi connectivity index (χ2n) is 4.85. The van der Waals surface area contributed by atoms with Crippen molar-refractivity contribution in [2.24, 2.45) is 5.41 Å². The SMILES string of the molecule is CC(C)(CO)Cc1cnc2ccccc2n1. The molecule has 0 atom stereocenters. The minimum atomic E-state index is -0.142. The van der Waals surface area contributed by atoms with E-state index in [4.69, 9.17) is 0 Å². The van der Waals surface area contributed by atoms with Gasteiger partial charge in [-0.1, -0.05) is 26.0 Å². The van der Waals surface area contributed by atoms with Gasteiger partial charge in [0.25, 0.3) is 0 Å². The Hall–Kier alpha value is -1.48. The summed E-state index contributed by atoms with van der Waals surface area (Å²) in [5.74, 6) is 0. The molecule has 84 valence electrons. The van der Waals surface area contributed by atoms with Crippen molar-refractivity contribution in [3.8, 4) is 0 Å². The Morgan fingerprint density at radius 3 is 2.56 bits per heavy atom. The zero-order valence-corrected chi connectivity index (χ0v) is 9.64. The number of aliphatic hydroxyl groups excluding tert-OH is 1. The highest BCUT2D eigenvalue weighted by atomic mass is 16.3. The van der Waals surface area contributed by atoms with Crippen molar-refractivity contribution in [1.29, 1.82) is 0 Å². The lowest BCUT2D eigenvalue weighted by molar-refractivity contribution is 0.158. The van der Waals surface area contributed by atoms with Crippen LogP contribution >= 0.6 is 0 Å². The molecule has 2 aromatic rings. The molecule has 3 heteroatoms. The molecule has 1 N–H and O–H groups in total. The molecule has 0 amide bonds. The van der Waals surface area contributed by atoms with E-state index in [9.17, 15) is 5.11 Å². The van der Waals surface area contributed by atoms with Crippen LogP contribution in [0.1, 0.15) is 19.5 Å². The Labute approximate surface area is 95.2 Å². The normalized spacial score (nSPS) is 11.9. The third-order valence-corrected chi connectivity index (χ3v) is 2.59. The highest BCUT2D eigenvalue weighted by Crippen LogP contribution is 2.20. The predicted molar refractivity (Wildman–Crippen MR) is 64.1 cm³/mol. The van der Waals surface area contributed by atoms with E-state index in [1.807, 2.05) is 38.1 Å². The number of benzene rings is 1. The van der Waals surface area contributed by atoms with Gasteiger partial charge in [-0.2, -0.15) is 0 Å². The molecule has 0 spiro atoms. The largest absolute Gasteiger partial charge is 0.396 e. The van der Waals surface area contributed by atoms with Gasteiger partial charge in [-0.3, -0.25) is 4.98 Å². The van der Waals surface area contributed by atoms with E-state index in [0.29, 0.717) is 0 Å². The Morgan fingerprint density at radius 1 is 1.19 bits per heavy atom. The van der Waals surface area contributed by atoms with Gasteiger partial charge in [0.05, 0.1) is 16.7 Å². The Bertz CT molecular complexity index is 494. The van der Waals surface area contributed by atoms with E-state index < -0.39 is 0 Å². The van der Waals surface area contributed by atoms with Gasteiger partial charge in [-0.05, 0) is 24.0 Å². The van der Waals surface area contributed by atoms with Crippen molar-refractivity contribution in [3.63, 3.8) is 0 Å². The molecule has 0 saturated heterocycles. The average molecular weight is 216 g/mol. The van der Waals surface area contributed by atoms with E-state index in [1.54, 1.807) is 6.20 Å². The monoisotopic (exact) mass is 216 g/mol. The summed E-state index contributed by atoms with van der Waals surface area (Å²) >= 11 is 0. The summed E-state index contributed by atoms with van der Waals surface area (Å²) in [6.07, 6.45) is 2.53. The number of aliphatic hydroxyl groups is 1. The highest BCUT2D eigenvalue weighted by molar-refractivity contribution is 5.73. The first-order valence-electron chi connectivity index (χ1n) is 5.42. The number of para-hydroxylation sites is 2. The molecule has 2 rings (SSSR count). The molecule has 0 fully saturated rings. The highest BCUT2D eigenvalue weighted by Gasteiger charge is 2.18. The summed E-state index contributed by atoms with van der Waals surface area (Å²) in [5, 5.41) is 9.22. The fraction of sp³-hybridized carbons (Fsp3) is 0.385. The summed E-state index contributed by atoms with van der Waals surface area (Å²) in [7, 11) is 0. The van der Waals surface area contributed by atoms with Crippen molar-refractivity contribution < 1.29 is 5.11 Å². The third-order valence-electron chi connectivity index (χ3n) is 2.59. The van der Waals surface area contributed by atoms with Gasteiger partial charge in [0.1, 0.15) is 0 Å². The average Bonchev–Trinajstić information content (AvgIpc) is 2.28. The molecule has 0 bridgehead atoms. The van der Waals surface area contributed by atoms with Crippen molar-refractivity contribution in [3.05, 3.63) is 36.2 Å².